The summed E-state index contributed by atoms with van der Waals surface area (Å²) in [4.78, 5) is 23.2. The van der Waals surface area contributed by atoms with Crippen LogP contribution in [0.15, 0.2) is 22.7 Å². The van der Waals surface area contributed by atoms with Gasteiger partial charge in [0.05, 0.1) is 4.92 Å². The Morgan fingerprint density at radius 2 is 2.28 bits per heavy atom. The highest BCUT2D eigenvalue weighted by Crippen LogP contribution is 2.35. The van der Waals surface area contributed by atoms with Crippen molar-refractivity contribution in [3.8, 4) is 0 Å². The highest BCUT2D eigenvalue weighted by atomic mass is 79.9. The van der Waals surface area contributed by atoms with Crippen LogP contribution in [-0.4, -0.2) is 28.6 Å². The van der Waals surface area contributed by atoms with E-state index < -0.39 is 16.9 Å². The Hall–Kier alpha value is -1.63. The van der Waals surface area contributed by atoms with E-state index in [1.807, 2.05) is 0 Å². The summed E-state index contributed by atoms with van der Waals surface area (Å²) in [6.45, 7) is 0.522. The highest BCUT2D eigenvalue weighted by molar-refractivity contribution is 9.10. The van der Waals surface area contributed by atoms with Crippen LogP contribution in [0.25, 0.3) is 0 Å². The van der Waals surface area contributed by atoms with Crippen molar-refractivity contribution in [3.05, 3.63) is 32.8 Å². The van der Waals surface area contributed by atoms with Crippen molar-refractivity contribution in [1.29, 1.82) is 0 Å². The zero-order chi connectivity index (χ0) is 13.3. The summed E-state index contributed by atoms with van der Waals surface area (Å²) >= 11 is 3.25. The van der Waals surface area contributed by atoms with Crippen LogP contribution >= 0.6 is 15.9 Å². The van der Waals surface area contributed by atoms with E-state index in [4.69, 9.17) is 5.11 Å². The fourth-order valence-electron chi connectivity index (χ4n) is 2.19. The molecule has 1 atom stereocenters. The Labute approximate surface area is 111 Å². The zero-order valence-electron chi connectivity index (χ0n) is 9.38. The van der Waals surface area contributed by atoms with E-state index in [9.17, 15) is 14.9 Å². The summed E-state index contributed by atoms with van der Waals surface area (Å²) in [5, 5.41) is 20.1. The lowest BCUT2D eigenvalue weighted by Gasteiger charge is -2.23. The van der Waals surface area contributed by atoms with Crippen molar-refractivity contribution in [2.45, 2.75) is 18.9 Å². The van der Waals surface area contributed by atoms with Gasteiger partial charge >= 0.3 is 5.97 Å². The molecule has 0 spiro atoms. The second-order valence-electron chi connectivity index (χ2n) is 4.08. The minimum atomic E-state index is -0.943. The molecule has 0 amide bonds. The molecule has 96 valence electrons. The molecule has 7 heteroatoms. The molecule has 0 saturated carbocycles. The maximum Gasteiger partial charge on any atom is 0.326 e. The van der Waals surface area contributed by atoms with Gasteiger partial charge < -0.3 is 10.0 Å². The molecule has 1 aromatic carbocycles. The van der Waals surface area contributed by atoms with Crippen LogP contribution in [0.3, 0.4) is 0 Å². The smallest absolute Gasteiger partial charge is 0.326 e. The number of carboxylic acids is 1. The Balaban J connectivity index is 2.46. The molecule has 1 aromatic rings. The fourth-order valence-corrected chi connectivity index (χ4v) is 2.54. The van der Waals surface area contributed by atoms with Crippen molar-refractivity contribution >= 4 is 33.3 Å². The van der Waals surface area contributed by atoms with Gasteiger partial charge in [0.25, 0.3) is 5.69 Å². The Kier molecular flexibility index (Phi) is 3.51. The van der Waals surface area contributed by atoms with Gasteiger partial charge in [0, 0.05) is 17.1 Å². The third-order valence-electron chi connectivity index (χ3n) is 2.98. The van der Waals surface area contributed by atoms with Crippen LogP contribution in [0.4, 0.5) is 11.4 Å². The standard InChI is InChI=1S/C11H11BrN2O4/c12-7-3-4-8(14(17)18)10(6-7)13-5-1-2-9(13)11(15)16/h3-4,6,9H,1-2,5H2,(H,15,16)/t9-/m0/s1. The highest BCUT2D eigenvalue weighted by Gasteiger charge is 2.34. The molecule has 1 saturated heterocycles. The number of nitro benzene ring substituents is 1. The van der Waals surface area contributed by atoms with Gasteiger partial charge in [-0.2, -0.15) is 0 Å². The third-order valence-corrected chi connectivity index (χ3v) is 3.47. The molecule has 0 bridgehead atoms. The molecule has 2 rings (SSSR count). The lowest BCUT2D eigenvalue weighted by Crippen LogP contribution is -2.36. The summed E-state index contributed by atoms with van der Waals surface area (Å²) in [5.41, 5.74) is 0.297. The predicted molar refractivity (Wildman–Crippen MR) is 68.8 cm³/mol. The first kappa shape index (κ1) is 12.8. The van der Waals surface area contributed by atoms with Gasteiger partial charge in [-0.15, -0.1) is 0 Å². The van der Waals surface area contributed by atoms with E-state index in [0.29, 0.717) is 23.1 Å². The zero-order valence-corrected chi connectivity index (χ0v) is 11.0. The molecule has 18 heavy (non-hydrogen) atoms. The van der Waals surface area contributed by atoms with E-state index in [1.165, 1.54) is 6.07 Å². The van der Waals surface area contributed by atoms with E-state index in [0.717, 1.165) is 6.42 Å². The van der Waals surface area contributed by atoms with E-state index in [1.54, 1.807) is 17.0 Å². The number of nitrogens with zero attached hydrogens (tertiary/aromatic N) is 2. The molecule has 0 aromatic heterocycles. The van der Waals surface area contributed by atoms with E-state index in [2.05, 4.69) is 15.9 Å². The van der Waals surface area contributed by atoms with Crippen LogP contribution in [0, 0.1) is 10.1 Å². The van der Waals surface area contributed by atoms with Gasteiger partial charge in [-0.3, -0.25) is 10.1 Å². The van der Waals surface area contributed by atoms with Crippen molar-refractivity contribution < 1.29 is 14.8 Å². The fraction of sp³-hybridized carbons (Fsp3) is 0.364. The third kappa shape index (κ3) is 2.31. The number of rotatable bonds is 3. The van der Waals surface area contributed by atoms with E-state index >= 15 is 0 Å². The number of carbonyl (C=O) groups is 1. The largest absolute Gasteiger partial charge is 0.480 e. The molecule has 6 nitrogen and oxygen atoms in total. The number of anilines is 1. The van der Waals surface area contributed by atoms with Crippen molar-refractivity contribution in [2.24, 2.45) is 0 Å². The number of hydrogen-bond donors (Lipinski definition) is 1. The average Bonchev–Trinajstić information content (AvgIpc) is 2.77. The second kappa shape index (κ2) is 4.93. The lowest BCUT2D eigenvalue weighted by atomic mass is 10.2. The number of nitro groups is 1. The number of aliphatic carboxylic acids is 1. The molecule has 0 unspecified atom stereocenters. The Bertz CT molecular complexity index is 506. The van der Waals surface area contributed by atoms with Gasteiger partial charge in [-0.1, -0.05) is 15.9 Å². The quantitative estimate of drug-likeness (QED) is 0.684. The Morgan fingerprint density at radius 3 is 2.89 bits per heavy atom. The van der Waals surface area contributed by atoms with Crippen molar-refractivity contribution in [2.75, 3.05) is 11.4 Å². The van der Waals surface area contributed by atoms with Gasteiger partial charge in [-0.05, 0) is 25.0 Å². The first-order valence-corrected chi connectivity index (χ1v) is 6.23. The average molecular weight is 315 g/mol. The summed E-state index contributed by atoms with van der Waals surface area (Å²) in [6.07, 6.45) is 1.24. The van der Waals surface area contributed by atoms with Crippen molar-refractivity contribution in [3.63, 3.8) is 0 Å². The first-order valence-electron chi connectivity index (χ1n) is 5.44. The summed E-state index contributed by atoms with van der Waals surface area (Å²) < 4.78 is 0.694. The molecule has 1 heterocycles. The normalized spacial score (nSPS) is 18.9. The van der Waals surface area contributed by atoms with Crippen LogP contribution in [0.5, 0.6) is 0 Å². The number of carboxylic acid groups (broad SMARTS) is 1. The predicted octanol–water partition coefficient (Wildman–Crippen LogP) is 2.41. The van der Waals surface area contributed by atoms with Crippen LogP contribution in [-0.2, 0) is 4.79 Å². The maximum atomic E-state index is 11.1. The van der Waals surface area contributed by atoms with Crippen LogP contribution in [0.1, 0.15) is 12.8 Å². The van der Waals surface area contributed by atoms with Gasteiger partial charge in [-0.25, -0.2) is 4.79 Å². The number of halogens is 1. The van der Waals surface area contributed by atoms with Gasteiger partial charge in [0.1, 0.15) is 11.7 Å². The molecular weight excluding hydrogens is 304 g/mol. The first-order chi connectivity index (χ1) is 8.50. The monoisotopic (exact) mass is 314 g/mol. The lowest BCUT2D eigenvalue weighted by molar-refractivity contribution is -0.384. The summed E-state index contributed by atoms with van der Waals surface area (Å²) in [7, 11) is 0. The summed E-state index contributed by atoms with van der Waals surface area (Å²) in [5.74, 6) is -0.943. The molecule has 1 N–H and O–H groups in total. The van der Waals surface area contributed by atoms with E-state index in [-0.39, 0.29) is 5.69 Å². The molecule has 1 aliphatic rings. The number of benzene rings is 1. The molecule has 0 aliphatic carbocycles. The van der Waals surface area contributed by atoms with Crippen LogP contribution < -0.4 is 4.90 Å². The van der Waals surface area contributed by atoms with Crippen molar-refractivity contribution in [1.82, 2.24) is 0 Å². The molecule has 0 radical (unpaired) electrons. The maximum absolute atomic E-state index is 11.1. The van der Waals surface area contributed by atoms with Gasteiger partial charge in [0.2, 0.25) is 0 Å². The van der Waals surface area contributed by atoms with Crippen LogP contribution in [0.2, 0.25) is 0 Å². The van der Waals surface area contributed by atoms with Gasteiger partial charge in [0.15, 0.2) is 0 Å². The second-order valence-corrected chi connectivity index (χ2v) is 5.00. The molecular formula is C11H11BrN2O4. The Morgan fingerprint density at radius 1 is 1.56 bits per heavy atom. The molecule has 1 fully saturated rings. The minimum Gasteiger partial charge on any atom is -0.480 e. The topological polar surface area (TPSA) is 83.7 Å². The number of hydrogen-bond acceptors (Lipinski definition) is 4. The SMILES string of the molecule is O=C(O)[C@@H]1CCCN1c1cc(Br)ccc1[N+](=O)[O-]. The molecule has 1 aliphatic heterocycles. The minimum absolute atomic E-state index is 0.0636. The summed E-state index contributed by atoms with van der Waals surface area (Å²) in [6, 6.07) is 3.88.